The third-order valence-electron chi connectivity index (χ3n) is 2.45. The minimum atomic E-state index is -3.60. The summed E-state index contributed by atoms with van der Waals surface area (Å²) in [5.74, 6) is -3.29. The fraction of sp³-hybridized carbons (Fsp3) is 0.462. The second kappa shape index (κ2) is 6.31. The SMILES string of the molecule is CCCCOc1cccc(C(F)(F)C(O)C#N)c1. The summed E-state index contributed by atoms with van der Waals surface area (Å²) < 4.78 is 32.5. The fourth-order valence-electron chi connectivity index (χ4n) is 1.37. The van der Waals surface area contributed by atoms with Gasteiger partial charge in [-0.2, -0.15) is 14.0 Å². The molecule has 0 saturated heterocycles. The van der Waals surface area contributed by atoms with E-state index in [-0.39, 0.29) is 0 Å². The number of aliphatic hydroxyl groups excluding tert-OH is 1. The van der Waals surface area contributed by atoms with Crippen LogP contribution >= 0.6 is 0 Å². The fourth-order valence-corrected chi connectivity index (χ4v) is 1.37. The van der Waals surface area contributed by atoms with Gasteiger partial charge in [0.25, 0.3) is 0 Å². The zero-order chi connectivity index (χ0) is 13.6. The van der Waals surface area contributed by atoms with E-state index in [0.717, 1.165) is 31.0 Å². The first kappa shape index (κ1) is 14.4. The summed E-state index contributed by atoms with van der Waals surface area (Å²) in [7, 11) is 0. The summed E-state index contributed by atoms with van der Waals surface area (Å²) in [6.07, 6.45) is -0.576. The molecule has 0 fully saturated rings. The van der Waals surface area contributed by atoms with Crippen LogP contribution in [0.3, 0.4) is 0 Å². The van der Waals surface area contributed by atoms with E-state index < -0.39 is 17.6 Å². The Bertz CT molecular complexity index is 429. The number of unbranched alkanes of at least 4 members (excludes halogenated alkanes) is 1. The van der Waals surface area contributed by atoms with Crippen LogP contribution < -0.4 is 4.74 Å². The molecule has 1 rings (SSSR count). The molecule has 0 aliphatic carbocycles. The van der Waals surface area contributed by atoms with Gasteiger partial charge in [0.15, 0.2) is 0 Å². The Hall–Kier alpha value is -1.67. The molecule has 0 bridgehead atoms. The number of benzene rings is 1. The zero-order valence-corrected chi connectivity index (χ0v) is 10.1. The van der Waals surface area contributed by atoms with Crippen LogP contribution in [0, 0.1) is 11.3 Å². The number of aliphatic hydroxyl groups is 1. The summed E-state index contributed by atoms with van der Waals surface area (Å²) in [5.41, 5.74) is -0.425. The maximum absolute atomic E-state index is 13.6. The summed E-state index contributed by atoms with van der Waals surface area (Å²) in [5, 5.41) is 17.4. The van der Waals surface area contributed by atoms with Gasteiger partial charge in [-0.05, 0) is 18.6 Å². The largest absolute Gasteiger partial charge is 0.494 e. The number of alkyl halides is 2. The monoisotopic (exact) mass is 255 g/mol. The summed E-state index contributed by atoms with van der Waals surface area (Å²) >= 11 is 0. The van der Waals surface area contributed by atoms with Gasteiger partial charge in [-0.15, -0.1) is 0 Å². The van der Waals surface area contributed by atoms with Crippen LogP contribution in [-0.4, -0.2) is 17.8 Å². The lowest BCUT2D eigenvalue weighted by Crippen LogP contribution is -2.29. The minimum absolute atomic E-state index is 0.311. The van der Waals surface area contributed by atoms with Crippen molar-refractivity contribution >= 4 is 0 Å². The lowest BCUT2D eigenvalue weighted by Gasteiger charge is -2.18. The van der Waals surface area contributed by atoms with Crippen molar-refractivity contribution in [2.24, 2.45) is 0 Å². The topological polar surface area (TPSA) is 53.2 Å². The van der Waals surface area contributed by atoms with Crippen LogP contribution in [0.5, 0.6) is 5.75 Å². The standard InChI is InChI=1S/C13H15F2NO2/c1-2-3-7-18-11-6-4-5-10(8-11)13(14,15)12(17)9-16/h4-6,8,12,17H,2-3,7H2,1H3. The highest BCUT2D eigenvalue weighted by molar-refractivity contribution is 5.32. The lowest BCUT2D eigenvalue weighted by atomic mass is 10.0. The average Bonchev–Trinajstić information content (AvgIpc) is 2.38. The molecule has 1 unspecified atom stereocenters. The number of halogens is 2. The van der Waals surface area contributed by atoms with Gasteiger partial charge in [-0.25, -0.2) is 0 Å². The molecule has 3 nitrogen and oxygen atoms in total. The smallest absolute Gasteiger partial charge is 0.311 e. The number of nitrogens with zero attached hydrogens (tertiary/aromatic N) is 1. The first-order valence-electron chi connectivity index (χ1n) is 5.71. The van der Waals surface area contributed by atoms with E-state index in [1.807, 2.05) is 6.92 Å². The second-order valence-electron chi connectivity index (χ2n) is 3.88. The Morgan fingerprint density at radius 1 is 1.50 bits per heavy atom. The van der Waals surface area contributed by atoms with Crippen molar-refractivity contribution in [1.29, 1.82) is 5.26 Å². The van der Waals surface area contributed by atoms with Gasteiger partial charge in [0.1, 0.15) is 11.8 Å². The highest BCUT2D eigenvalue weighted by Crippen LogP contribution is 2.33. The van der Waals surface area contributed by atoms with Gasteiger partial charge in [0, 0.05) is 5.56 Å². The molecule has 0 spiro atoms. The van der Waals surface area contributed by atoms with Gasteiger partial charge in [-0.1, -0.05) is 25.5 Å². The van der Waals surface area contributed by atoms with E-state index in [9.17, 15) is 8.78 Å². The van der Waals surface area contributed by atoms with Crippen molar-refractivity contribution in [3.8, 4) is 11.8 Å². The predicted octanol–water partition coefficient (Wildman–Crippen LogP) is 2.84. The van der Waals surface area contributed by atoms with Crippen LogP contribution in [0.4, 0.5) is 8.78 Å². The number of hydrogen-bond acceptors (Lipinski definition) is 3. The van der Waals surface area contributed by atoms with Crippen molar-refractivity contribution in [2.45, 2.75) is 31.8 Å². The Morgan fingerprint density at radius 2 is 2.22 bits per heavy atom. The van der Waals surface area contributed by atoms with E-state index in [4.69, 9.17) is 15.1 Å². The maximum Gasteiger partial charge on any atom is 0.311 e. The average molecular weight is 255 g/mol. The van der Waals surface area contributed by atoms with Crippen molar-refractivity contribution in [1.82, 2.24) is 0 Å². The second-order valence-corrected chi connectivity index (χ2v) is 3.88. The molecule has 0 heterocycles. The van der Waals surface area contributed by atoms with E-state index >= 15 is 0 Å². The molecule has 1 aromatic carbocycles. The number of hydrogen-bond donors (Lipinski definition) is 1. The molecule has 0 aliphatic rings. The maximum atomic E-state index is 13.6. The first-order chi connectivity index (χ1) is 8.52. The van der Waals surface area contributed by atoms with Crippen LogP contribution in [0.1, 0.15) is 25.3 Å². The molecule has 0 aliphatic heterocycles. The molecular weight excluding hydrogens is 240 g/mol. The molecule has 5 heteroatoms. The lowest BCUT2D eigenvalue weighted by molar-refractivity contribution is -0.0894. The van der Waals surface area contributed by atoms with Crippen LogP contribution in [-0.2, 0) is 5.92 Å². The summed E-state index contributed by atoms with van der Waals surface area (Å²) in [6, 6.07) is 6.42. The van der Waals surface area contributed by atoms with E-state index in [2.05, 4.69) is 0 Å². The summed E-state index contributed by atoms with van der Waals surface area (Å²) in [6.45, 7) is 2.45. The highest BCUT2D eigenvalue weighted by Gasteiger charge is 2.40. The Kier molecular flexibility index (Phi) is 5.05. The molecule has 18 heavy (non-hydrogen) atoms. The van der Waals surface area contributed by atoms with Crippen molar-refractivity contribution in [3.05, 3.63) is 29.8 Å². The van der Waals surface area contributed by atoms with Crippen LogP contribution in [0.2, 0.25) is 0 Å². The molecule has 1 N–H and O–H groups in total. The van der Waals surface area contributed by atoms with Gasteiger partial charge < -0.3 is 9.84 Å². The number of nitriles is 1. The van der Waals surface area contributed by atoms with Crippen molar-refractivity contribution in [2.75, 3.05) is 6.61 Å². The molecular formula is C13H15F2NO2. The van der Waals surface area contributed by atoms with Gasteiger partial charge >= 0.3 is 5.92 Å². The van der Waals surface area contributed by atoms with Crippen LogP contribution in [0.25, 0.3) is 0 Å². The summed E-state index contributed by atoms with van der Waals surface area (Å²) in [4.78, 5) is 0. The van der Waals surface area contributed by atoms with Crippen molar-refractivity contribution < 1.29 is 18.6 Å². The molecule has 98 valence electrons. The van der Waals surface area contributed by atoms with Crippen LogP contribution in [0.15, 0.2) is 24.3 Å². The first-order valence-corrected chi connectivity index (χ1v) is 5.71. The van der Waals surface area contributed by atoms with E-state index in [1.54, 1.807) is 6.07 Å². The number of rotatable bonds is 6. The predicted molar refractivity (Wildman–Crippen MR) is 62.4 cm³/mol. The van der Waals surface area contributed by atoms with Gasteiger partial charge in [0.2, 0.25) is 6.10 Å². The molecule has 0 saturated carbocycles. The van der Waals surface area contributed by atoms with Crippen molar-refractivity contribution in [3.63, 3.8) is 0 Å². The number of ether oxygens (including phenoxy) is 1. The zero-order valence-electron chi connectivity index (χ0n) is 10.1. The van der Waals surface area contributed by atoms with E-state index in [1.165, 1.54) is 6.07 Å². The third-order valence-corrected chi connectivity index (χ3v) is 2.45. The quantitative estimate of drug-likeness (QED) is 0.628. The Labute approximate surface area is 105 Å². The molecule has 0 aromatic heterocycles. The van der Waals surface area contributed by atoms with Gasteiger partial charge in [0.05, 0.1) is 6.61 Å². The normalized spacial score (nSPS) is 12.8. The molecule has 0 radical (unpaired) electrons. The van der Waals surface area contributed by atoms with Gasteiger partial charge in [-0.3, -0.25) is 0 Å². The highest BCUT2D eigenvalue weighted by atomic mass is 19.3. The molecule has 1 aromatic rings. The molecule has 0 amide bonds. The van der Waals surface area contributed by atoms with E-state index in [0.29, 0.717) is 12.4 Å². The minimum Gasteiger partial charge on any atom is -0.494 e. The third kappa shape index (κ3) is 3.41. The Balaban J connectivity index is 2.85. The Morgan fingerprint density at radius 3 is 2.83 bits per heavy atom. The molecule has 1 atom stereocenters.